The molecule has 1 rings (SSSR count). The van der Waals surface area contributed by atoms with Crippen LogP contribution in [0.15, 0.2) is 0 Å². The molecule has 0 aromatic heterocycles. The van der Waals surface area contributed by atoms with Crippen molar-refractivity contribution in [3.8, 4) is 0 Å². The third-order valence-corrected chi connectivity index (χ3v) is 4.18. The van der Waals surface area contributed by atoms with Crippen molar-refractivity contribution < 1.29 is 0 Å². The summed E-state index contributed by atoms with van der Waals surface area (Å²) in [6.45, 7) is 9.36. The third-order valence-electron chi connectivity index (χ3n) is 4.18. The SMILES string of the molecule is CCCC1(CN(C)C(CC)CC)CCCN1. The van der Waals surface area contributed by atoms with Gasteiger partial charge in [0.05, 0.1) is 0 Å². The van der Waals surface area contributed by atoms with E-state index in [1.165, 1.54) is 51.6 Å². The summed E-state index contributed by atoms with van der Waals surface area (Å²) in [5.74, 6) is 0. The first-order valence-corrected chi connectivity index (χ1v) is 7.12. The lowest BCUT2D eigenvalue weighted by Gasteiger charge is -2.37. The van der Waals surface area contributed by atoms with Crippen LogP contribution in [0, 0.1) is 0 Å². The number of likely N-dealkylation sites (N-methyl/N-ethyl adjacent to an activating group) is 1. The van der Waals surface area contributed by atoms with Crippen LogP contribution in [0.25, 0.3) is 0 Å². The summed E-state index contributed by atoms with van der Waals surface area (Å²) in [5.41, 5.74) is 0.423. The van der Waals surface area contributed by atoms with E-state index in [9.17, 15) is 0 Å². The molecule has 0 aromatic rings. The molecular formula is C14H30N2. The lowest BCUT2D eigenvalue weighted by molar-refractivity contribution is 0.159. The minimum Gasteiger partial charge on any atom is -0.310 e. The van der Waals surface area contributed by atoms with Crippen LogP contribution in [-0.4, -0.2) is 36.6 Å². The van der Waals surface area contributed by atoms with Gasteiger partial charge in [-0.1, -0.05) is 27.2 Å². The van der Waals surface area contributed by atoms with E-state index in [4.69, 9.17) is 0 Å². The van der Waals surface area contributed by atoms with Gasteiger partial charge in [-0.25, -0.2) is 0 Å². The van der Waals surface area contributed by atoms with Gasteiger partial charge in [-0.05, 0) is 45.7 Å². The average molecular weight is 226 g/mol. The van der Waals surface area contributed by atoms with Crippen molar-refractivity contribution in [2.24, 2.45) is 0 Å². The van der Waals surface area contributed by atoms with Gasteiger partial charge in [0.1, 0.15) is 0 Å². The summed E-state index contributed by atoms with van der Waals surface area (Å²) in [4.78, 5) is 2.58. The molecule has 1 aliphatic rings. The van der Waals surface area contributed by atoms with E-state index in [-0.39, 0.29) is 0 Å². The van der Waals surface area contributed by atoms with Gasteiger partial charge in [0, 0.05) is 18.1 Å². The molecule has 0 spiro atoms. The van der Waals surface area contributed by atoms with Crippen molar-refractivity contribution in [1.82, 2.24) is 10.2 Å². The van der Waals surface area contributed by atoms with Gasteiger partial charge in [-0.2, -0.15) is 0 Å². The van der Waals surface area contributed by atoms with Crippen LogP contribution in [0.5, 0.6) is 0 Å². The molecule has 1 atom stereocenters. The number of hydrogen-bond donors (Lipinski definition) is 1. The van der Waals surface area contributed by atoms with Gasteiger partial charge in [0.2, 0.25) is 0 Å². The Bertz CT molecular complexity index is 181. The highest BCUT2D eigenvalue weighted by Crippen LogP contribution is 2.26. The molecular weight excluding hydrogens is 196 g/mol. The van der Waals surface area contributed by atoms with Crippen LogP contribution in [0.2, 0.25) is 0 Å². The molecule has 96 valence electrons. The normalized spacial score (nSPS) is 25.9. The molecule has 0 amide bonds. The summed E-state index contributed by atoms with van der Waals surface area (Å²) in [5, 5.41) is 3.76. The molecule has 2 heteroatoms. The summed E-state index contributed by atoms with van der Waals surface area (Å²) in [6.07, 6.45) is 7.90. The minimum absolute atomic E-state index is 0.423. The maximum absolute atomic E-state index is 3.76. The van der Waals surface area contributed by atoms with Crippen molar-refractivity contribution in [2.45, 2.75) is 70.9 Å². The van der Waals surface area contributed by atoms with Crippen LogP contribution in [-0.2, 0) is 0 Å². The zero-order valence-corrected chi connectivity index (χ0v) is 11.7. The van der Waals surface area contributed by atoms with Crippen LogP contribution in [0.4, 0.5) is 0 Å². The fourth-order valence-corrected chi connectivity index (χ4v) is 3.29. The molecule has 1 heterocycles. The molecule has 0 saturated carbocycles. The highest BCUT2D eigenvalue weighted by Gasteiger charge is 2.34. The van der Waals surface area contributed by atoms with E-state index >= 15 is 0 Å². The van der Waals surface area contributed by atoms with Crippen molar-refractivity contribution >= 4 is 0 Å². The molecule has 16 heavy (non-hydrogen) atoms. The largest absolute Gasteiger partial charge is 0.310 e. The van der Waals surface area contributed by atoms with Crippen LogP contribution in [0.1, 0.15) is 59.3 Å². The van der Waals surface area contributed by atoms with Gasteiger partial charge < -0.3 is 10.2 Å². The third kappa shape index (κ3) is 3.46. The Labute approximate surface area is 102 Å². The summed E-state index contributed by atoms with van der Waals surface area (Å²) >= 11 is 0. The smallest absolute Gasteiger partial charge is 0.0309 e. The first-order valence-electron chi connectivity index (χ1n) is 7.12. The van der Waals surface area contributed by atoms with Gasteiger partial charge in [0.15, 0.2) is 0 Å². The highest BCUT2D eigenvalue weighted by atomic mass is 15.2. The maximum atomic E-state index is 3.76. The molecule has 1 N–H and O–H groups in total. The molecule has 0 aromatic carbocycles. The lowest BCUT2D eigenvalue weighted by Crippen LogP contribution is -2.51. The summed E-state index contributed by atoms with van der Waals surface area (Å²) in [6, 6.07) is 0.760. The molecule has 2 nitrogen and oxygen atoms in total. The predicted molar refractivity (Wildman–Crippen MR) is 71.9 cm³/mol. The minimum atomic E-state index is 0.423. The zero-order chi connectivity index (χ0) is 12.0. The topological polar surface area (TPSA) is 15.3 Å². The molecule has 1 unspecified atom stereocenters. The van der Waals surface area contributed by atoms with Crippen molar-refractivity contribution in [3.63, 3.8) is 0 Å². The van der Waals surface area contributed by atoms with Crippen LogP contribution >= 0.6 is 0 Å². The molecule has 0 aliphatic carbocycles. The van der Waals surface area contributed by atoms with Crippen molar-refractivity contribution in [2.75, 3.05) is 20.1 Å². The van der Waals surface area contributed by atoms with E-state index in [0.717, 1.165) is 6.04 Å². The zero-order valence-electron chi connectivity index (χ0n) is 11.7. The van der Waals surface area contributed by atoms with Crippen LogP contribution in [0.3, 0.4) is 0 Å². The van der Waals surface area contributed by atoms with Crippen molar-refractivity contribution in [1.29, 1.82) is 0 Å². The van der Waals surface area contributed by atoms with E-state index in [2.05, 4.69) is 38.0 Å². The van der Waals surface area contributed by atoms with Gasteiger partial charge >= 0.3 is 0 Å². The number of rotatable bonds is 7. The Hall–Kier alpha value is -0.0800. The molecule has 1 saturated heterocycles. The second-order valence-electron chi connectivity index (χ2n) is 5.45. The van der Waals surface area contributed by atoms with Gasteiger partial charge in [-0.15, -0.1) is 0 Å². The summed E-state index contributed by atoms with van der Waals surface area (Å²) in [7, 11) is 2.30. The number of hydrogen-bond acceptors (Lipinski definition) is 2. The molecule has 0 bridgehead atoms. The Morgan fingerprint density at radius 3 is 2.38 bits per heavy atom. The average Bonchev–Trinajstić information content (AvgIpc) is 2.69. The lowest BCUT2D eigenvalue weighted by atomic mass is 9.90. The molecule has 1 aliphatic heterocycles. The standard InChI is InChI=1S/C14H30N2/c1-5-9-14(10-8-11-15-14)12-16(4)13(6-2)7-3/h13,15H,5-12H2,1-4H3. The molecule has 1 fully saturated rings. The van der Waals surface area contributed by atoms with Crippen LogP contribution < -0.4 is 5.32 Å². The Morgan fingerprint density at radius 2 is 1.94 bits per heavy atom. The number of nitrogens with one attached hydrogen (secondary N) is 1. The summed E-state index contributed by atoms with van der Waals surface area (Å²) < 4.78 is 0. The van der Waals surface area contributed by atoms with Crippen molar-refractivity contribution in [3.05, 3.63) is 0 Å². The fraction of sp³-hybridized carbons (Fsp3) is 1.00. The Morgan fingerprint density at radius 1 is 1.25 bits per heavy atom. The Kier molecular flexibility index (Phi) is 5.77. The maximum Gasteiger partial charge on any atom is 0.0309 e. The van der Waals surface area contributed by atoms with Gasteiger partial charge in [0.25, 0.3) is 0 Å². The first kappa shape index (κ1) is 14.0. The van der Waals surface area contributed by atoms with E-state index in [1.807, 2.05) is 0 Å². The second-order valence-corrected chi connectivity index (χ2v) is 5.45. The fourth-order valence-electron chi connectivity index (χ4n) is 3.29. The highest BCUT2D eigenvalue weighted by molar-refractivity contribution is 4.95. The predicted octanol–water partition coefficient (Wildman–Crippen LogP) is 3.03. The molecule has 0 radical (unpaired) electrons. The van der Waals surface area contributed by atoms with E-state index < -0.39 is 0 Å². The first-order chi connectivity index (χ1) is 7.67. The quantitative estimate of drug-likeness (QED) is 0.718. The second kappa shape index (κ2) is 6.61. The Balaban J connectivity index is 2.53. The number of nitrogens with zero attached hydrogens (tertiary/aromatic N) is 1. The van der Waals surface area contributed by atoms with E-state index in [0.29, 0.717) is 5.54 Å². The van der Waals surface area contributed by atoms with Gasteiger partial charge in [-0.3, -0.25) is 0 Å². The van der Waals surface area contributed by atoms with E-state index in [1.54, 1.807) is 0 Å². The monoisotopic (exact) mass is 226 g/mol.